The number of hydrogen-bond donors (Lipinski definition) is 0. The average Bonchev–Trinajstić information content (AvgIpc) is 2.87. The van der Waals surface area contributed by atoms with E-state index in [1.807, 2.05) is 0 Å². The van der Waals surface area contributed by atoms with Gasteiger partial charge in [0, 0.05) is 0 Å². The minimum atomic E-state index is -4.71. The highest BCUT2D eigenvalue weighted by molar-refractivity contribution is 5.39. The third kappa shape index (κ3) is 7.19. The molecule has 0 aromatic heterocycles. The highest BCUT2D eigenvalue weighted by Crippen LogP contribution is 2.43. The van der Waals surface area contributed by atoms with Crippen molar-refractivity contribution in [2.24, 2.45) is 35.5 Å². The van der Waals surface area contributed by atoms with Gasteiger partial charge in [-0.1, -0.05) is 64.9 Å². The summed E-state index contributed by atoms with van der Waals surface area (Å²) in [7, 11) is 0. The third-order valence-corrected chi connectivity index (χ3v) is 9.94. The molecule has 1 nitrogen and oxygen atoms in total. The fourth-order valence-electron chi connectivity index (χ4n) is 7.30. The van der Waals surface area contributed by atoms with Gasteiger partial charge in [0.15, 0.2) is 11.6 Å². The van der Waals surface area contributed by atoms with E-state index < -0.39 is 17.6 Å². The van der Waals surface area contributed by atoms with Gasteiger partial charge in [0.25, 0.3) is 0 Å². The van der Waals surface area contributed by atoms with Crippen LogP contribution in [-0.4, -0.2) is 6.61 Å². The zero-order valence-corrected chi connectivity index (χ0v) is 22.4. The molecule has 0 amide bonds. The Morgan fingerprint density at radius 2 is 1.33 bits per heavy atom. The van der Waals surface area contributed by atoms with E-state index in [0.29, 0.717) is 30.8 Å². The fraction of sp³-hybridized carbons (Fsp3) is 0.806. The Morgan fingerprint density at radius 3 is 1.89 bits per heavy atom. The number of hydrogen-bond acceptors (Lipinski definition) is 1. The summed E-state index contributed by atoms with van der Waals surface area (Å²) in [6.07, 6.45) is 11.8. The van der Waals surface area contributed by atoms with Crippen LogP contribution in [0, 0.1) is 41.3 Å². The molecule has 0 saturated heterocycles. The van der Waals surface area contributed by atoms with Crippen LogP contribution >= 0.6 is 0 Å². The van der Waals surface area contributed by atoms with Crippen molar-refractivity contribution in [3.63, 3.8) is 0 Å². The Labute approximate surface area is 215 Å². The molecule has 204 valence electrons. The van der Waals surface area contributed by atoms with Crippen LogP contribution in [0.3, 0.4) is 0 Å². The lowest BCUT2D eigenvalue weighted by atomic mass is 9.69. The van der Waals surface area contributed by atoms with E-state index in [-0.39, 0.29) is 17.7 Å². The lowest BCUT2D eigenvalue weighted by molar-refractivity contribution is -0.140. The molecule has 0 radical (unpaired) electrons. The minimum Gasteiger partial charge on any atom is -0.490 e. The predicted molar refractivity (Wildman–Crippen MR) is 138 cm³/mol. The van der Waals surface area contributed by atoms with Gasteiger partial charge in [-0.05, 0) is 98.5 Å². The Bertz CT molecular complexity index is 811. The lowest BCUT2D eigenvalue weighted by Gasteiger charge is -2.37. The SMILES string of the molecule is CCC1CCC(C2CCC(COc3ccc(CCC4CCC(C)CC4)c(C(F)(F)F)c3F)CC2)CC1. The number of halogens is 4. The maximum absolute atomic E-state index is 15.1. The fourth-order valence-corrected chi connectivity index (χ4v) is 7.30. The van der Waals surface area contributed by atoms with Crippen molar-refractivity contribution in [3.05, 3.63) is 29.1 Å². The predicted octanol–water partition coefficient (Wildman–Crippen LogP) is 10.0. The summed E-state index contributed by atoms with van der Waals surface area (Å²) < 4.78 is 62.4. The Kier molecular flexibility index (Phi) is 9.66. The lowest BCUT2D eigenvalue weighted by Crippen LogP contribution is -2.27. The average molecular weight is 511 g/mol. The topological polar surface area (TPSA) is 9.23 Å². The molecule has 3 saturated carbocycles. The van der Waals surface area contributed by atoms with Gasteiger partial charge in [0.2, 0.25) is 0 Å². The van der Waals surface area contributed by atoms with Gasteiger partial charge in [-0.25, -0.2) is 4.39 Å². The molecule has 36 heavy (non-hydrogen) atoms. The number of rotatable bonds is 8. The van der Waals surface area contributed by atoms with E-state index in [4.69, 9.17) is 4.74 Å². The second-order valence-corrected chi connectivity index (χ2v) is 12.4. The number of benzene rings is 1. The van der Waals surface area contributed by atoms with E-state index >= 15 is 4.39 Å². The zero-order valence-electron chi connectivity index (χ0n) is 22.4. The molecule has 1 aromatic rings. The Morgan fingerprint density at radius 1 is 0.778 bits per heavy atom. The van der Waals surface area contributed by atoms with Crippen molar-refractivity contribution in [2.45, 2.75) is 116 Å². The minimum absolute atomic E-state index is 0.0734. The molecule has 0 N–H and O–H groups in total. The Balaban J connectivity index is 1.30. The molecule has 3 aliphatic rings. The first-order chi connectivity index (χ1) is 17.2. The molecular weight excluding hydrogens is 464 g/mol. The van der Waals surface area contributed by atoms with Gasteiger partial charge in [-0.15, -0.1) is 0 Å². The van der Waals surface area contributed by atoms with Crippen LogP contribution in [0.25, 0.3) is 0 Å². The third-order valence-electron chi connectivity index (χ3n) is 9.94. The van der Waals surface area contributed by atoms with E-state index in [1.165, 1.54) is 57.1 Å². The smallest absolute Gasteiger partial charge is 0.419 e. The second kappa shape index (κ2) is 12.5. The summed E-state index contributed by atoms with van der Waals surface area (Å²) in [6, 6.07) is 2.89. The van der Waals surface area contributed by atoms with Gasteiger partial charge in [-0.3, -0.25) is 0 Å². The van der Waals surface area contributed by atoms with Crippen LogP contribution in [0.5, 0.6) is 5.75 Å². The van der Waals surface area contributed by atoms with E-state index in [9.17, 15) is 13.2 Å². The van der Waals surface area contributed by atoms with Gasteiger partial charge >= 0.3 is 6.18 Å². The molecule has 0 aliphatic heterocycles. The molecule has 3 aliphatic carbocycles. The molecule has 5 heteroatoms. The van der Waals surface area contributed by atoms with Gasteiger partial charge in [0.05, 0.1) is 12.2 Å². The molecule has 4 rings (SSSR count). The summed E-state index contributed by atoms with van der Waals surface area (Å²) in [5.74, 6) is 2.51. The van der Waals surface area contributed by atoms with Crippen molar-refractivity contribution >= 4 is 0 Å². The van der Waals surface area contributed by atoms with E-state index in [1.54, 1.807) is 0 Å². The number of aryl methyl sites for hydroxylation is 1. The maximum Gasteiger partial charge on any atom is 0.419 e. The quantitative estimate of drug-likeness (QED) is 0.316. The van der Waals surface area contributed by atoms with Gasteiger partial charge < -0.3 is 4.74 Å². The summed E-state index contributed by atoms with van der Waals surface area (Å²) in [6.45, 7) is 4.83. The number of alkyl halides is 3. The normalized spacial score (nSPS) is 31.8. The highest BCUT2D eigenvalue weighted by atomic mass is 19.4. The van der Waals surface area contributed by atoms with Gasteiger partial charge in [-0.2, -0.15) is 13.2 Å². The molecule has 0 spiro atoms. The Hall–Kier alpha value is -1.26. The number of ether oxygens (including phenoxy) is 1. The van der Waals surface area contributed by atoms with Crippen molar-refractivity contribution in [1.82, 2.24) is 0 Å². The zero-order chi connectivity index (χ0) is 25.7. The molecule has 0 atom stereocenters. The highest BCUT2D eigenvalue weighted by Gasteiger charge is 2.39. The maximum atomic E-state index is 15.1. The first-order valence-corrected chi connectivity index (χ1v) is 14.8. The molecule has 0 unspecified atom stereocenters. The molecule has 0 heterocycles. The van der Waals surface area contributed by atoms with Crippen LogP contribution in [0.4, 0.5) is 17.6 Å². The van der Waals surface area contributed by atoms with E-state index in [2.05, 4.69) is 13.8 Å². The van der Waals surface area contributed by atoms with Crippen LogP contribution in [0.1, 0.15) is 115 Å². The van der Waals surface area contributed by atoms with Gasteiger partial charge in [0.1, 0.15) is 0 Å². The van der Waals surface area contributed by atoms with Crippen molar-refractivity contribution in [3.8, 4) is 5.75 Å². The van der Waals surface area contributed by atoms with Crippen molar-refractivity contribution < 1.29 is 22.3 Å². The van der Waals surface area contributed by atoms with Crippen molar-refractivity contribution in [2.75, 3.05) is 6.61 Å². The summed E-state index contributed by atoms with van der Waals surface area (Å²) in [5, 5.41) is 0. The molecule has 3 fully saturated rings. The first kappa shape index (κ1) is 27.8. The van der Waals surface area contributed by atoms with Crippen LogP contribution in [0.2, 0.25) is 0 Å². The second-order valence-electron chi connectivity index (χ2n) is 12.4. The first-order valence-electron chi connectivity index (χ1n) is 14.8. The molecule has 0 bridgehead atoms. The van der Waals surface area contributed by atoms with Crippen LogP contribution < -0.4 is 4.74 Å². The van der Waals surface area contributed by atoms with Crippen LogP contribution in [0.15, 0.2) is 12.1 Å². The molecule has 1 aromatic carbocycles. The summed E-state index contributed by atoms with van der Waals surface area (Å²) in [4.78, 5) is 0. The van der Waals surface area contributed by atoms with Crippen molar-refractivity contribution in [1.29, 1.82) is 0 Å². The van der Waals surface area contributed by atoms with Crippen LogP contribution in [-0.2, 0) is 12.6 Å². The summed E-state index contributed by atoms with van der Waals surface area (Å²) >= 11 is 0. The molecular formula is C31H46F4O. The largest absolute Gasteiger partial charge is 0.490 e. The standard InChI is InChI=1S/C31H46F4O/c1-3-22-8-13-25(14-9-22)26-15-11-24(12-16-26)20-36-28-19-18-27(29(30(28)32)31(33,34)35)17-10-23-6-4-21(2)5-7-23/h18-19,21-26H,3-17,20H2,1-2H3. The summed E-state index contributed by atoms with van der Waals surface area (Å²) in [5.41, 5.74) is -1.04. The monoisotopic (exact) mass is 510 g/mol. The van der Waals surface area contributed by atoms with E-state index in [0.717, 1.165) is 56.3 Å².